The van der Waals surface area contributed by atoms with Gasteiger partial charge in [-0.3, -0.25) is 9.48 Å². The second kappa shape index (κ2) is 13.4. The first kappa shape index (κ1) is 30.2. The molecule has 42 heavy (non-hydrogen) atoms. The van der Waals surface area contributed by atoms with Gasteiger partial charge in [0.05, 0.1) is 22.9 Å². The van der Waals surface area contributed by atoms with Gasteiger partial charge in [0.15, 0.2) is 5.82 Å². The molecule has 3 aromatic heterocycles. The summed E-state index contributed by atoms with van der Waals surface area (Å²) in [5.41, 5.74) is 1.01. The summed E-state index contributed by atoms with van der Waals surface area (Å²) < 4.78 is 7.55. The van der Waals surface area contributed by atoms with Gasteiger partial charge in [-0.25, -0.2) is 9.97 Å². The van der Waals surface area contributed by atoms with Gasteiger partial charge in [0.25, 0.3) is 0 Å². The maximum Gasteiger partial charge on any atom is 0.227 e. The van der Waals surface area contributed by atoms with E-state index in [1.54, 1.807) is 13.3 Å². The fourth-order valence-corrected chi connectivity index (χ4v) is 6.16. The van der Waals surface area contributed by atoms with Gasteiger partial charge in [0.1, 0.15) is 11.6 Å². The van der Waals surface area contributed by atoms with Crippen LogP contribution in [0, 0.1) is 5.92 Å². The largest absolute Gasteiger partial charge is 0.381 e. The highest BCUT2D eigenvalue weighted by molar-refractivity contribution is 5.92. The van der Waals surface area contributed by atoms with Gasteiger partial charge < -0.3 is 30.5 Å². The Hall–Kier alpha value is -3.22. The van der Waals surface area contributed by atoms with Gasteiger partial charge in [-0.05, 0) is 65.1 Å². The molecule has 0 bridgehead atoms. The van der Waals surface area contributed by atoms with Gasteiger partial charge in [0.2, 0.25) is 11.9 Å². The lowest BCUT2D eigenvalue weighted by Crippen LogP contribution is -2.45. The van der Waals surface area contributed by atoms with E-state index in [1.807, 2.05) is 23.0 Å². The number of nitrogens with zero attached hydrogens (tertiary/aromatic N) is 7. The first-order valence-electron chi connectivity index (χ1n) is 15.0. The van der Waals surface area contributed by atoms with Gasteiger partial charge >= 0.3 is 0 Å². The zero-order valence-corrected chi connectivity index (χ0v) is 25.6. The number of amides is 1. The van der Waals surface area contributed by atoms with Crippen molar-refractivity contribution in [2.24, 2.45) is 5.92 Å². The normalized spacial score (nSPS) is 20.2. The van der Waals surface area contributed by atoms with Crippen molar-refractivity contribution in [1.29, 1.82) is 0 Å². The van der Waals surface area contributed by atoms with Crippen molar-refractivity contribution < 1.29 is 9.53 Å². The minimum absolute atomic E-state index is 0. The summed E-state index contributed by atoms with van der Waals surface area (Å²) in [4.78, 5) is 31.5. The summed E-state index contributed by atoms with van der Waals surface area (Å²) >= 11 is 0. The molecule has 0 saturated carbocycles. The number of halogens is 1. The molecule has 3 N–H and O–H groups in total. The summed E-state index contributed by atoms with van der Waals surface area (Å²) in [7, 11) is 1.77. The smallest absolute Gasteiger partial charge is 0.227 e. The van der Waals surface area contributed by atoms with Crippen LogP contribution >= 0.6 is 12.4 Å². The van der Waals surface area contributed by atoms with Gasteiger partial charge in [-0.1, -0.05) is 0 Å². The second-order valence-corrected chi connectivity index (χ2v) is 11.7. The Balaban J connectivity index is 0.00000353. The molecule has 1 amide bonds. The molecular weight excluding hydrogens is 556 g/mol. The van der Waals surface area contributed by atoms with Crippen LogP contribution in [0.1, 0.15) is 52.0 Å². The topological polar surface area (TPSA) is 125 Å². The molecule has 3 fully saturated rings. The second-order valence-electron chi connectivity index (χ2n) is 11.7. The van der Waals surface area contributed by atoms with Gasteiger partial charge in [-0.2, -0.15) is 10.1 Å². The first-order chi connectivity index (χ1) is 20.0. The Bertz CT molecular complexity index is 1350. The highest BCUT2D eigenvalue weighted by Crippen LogP contribution is 2.33. The molecule has 0 spiro atoms. The molecule has 13 heteroatoms. The summed E-state index contributed by atoms with van der Waals surface area (Å²) in [6.45, 7) is 9.43. The van der Waals surface area contributed by atoms with Crippen LogP contribution in [0.15, 0.2) is 24.5 Å². The number of nitrogens with one attached hydrogen (secondary N) is 3. The molecule has 3 aromatic rings. The number of hydrogen-bond donors (Lipinski definition) is 3. The van der Waals surface area contributed by atoms with Crippen LogP contribution in [-0.2, 0) is 9.53 Å². The lowest BCUT2D eigenvalue weighted by atomic mass is 10.0. The summed E-state index contributed by atoms with van der Waals surface area (Å²) in [6.07, 6.45) is 8.75. The molecule has 0 radical (unpaired) electrons. The van der Waals surface area contributed by atoms with E-state index in [-0.39, 0.29) is 36.3 Å². The zero-order valence-electron chi connectivity index (χ0n) is 24.8. The zero-order chi connectivity index (χ0) is 28.3. The molecule has 12 nitrogen and oxygen atoms in total. The van der Waals surface area contributed by atoms with E-state index in [2.05, 4.69) is 44.6 Å². The Morgan fingerprint density at radius 3 is 2.55 bits per heavy atom. The SMILES string of the molecule is COC1CCN(c2nccc(Nc3cc4c(cn3)c(N3CCC(C(=O)NC5CCNCC5)C3)nn4C(C)C)n2)CC1.Cl. The monoisotopic (exact) mass is 598 g/mol. The first-order valence-corrected chi connectivity index (χ1v) is 15.0. The number of pyridine rings is 1. The Kier molecular flexibility index (Phi) is 9.64. The predicted molar refractivity (Wildman–Crippen MR) is 167 cm³/mol. The van der Waals surface area contributed by atoms with Crippen molar-refractivity contribution in [3.05, 3.63) is 24.5 Å². The maximum absolute atomic E-state index is 13.0. The number of rotatable bonds is 8. The Morgan fingerprint density at radius 2 is 1.81 bits per heavy atom. The lowest BCUT2D eigenvalue weighted by Gasteiger charge is -2.31. The van der Waals surface area contributed by atoms with Crippen molar-refractivity contribution >= 4 is 52.6 Å². The number of carbonyl (C=O) groups excluding carboxylic acids is 1. The van der Waals surface area contributed by atoms with Crippen LogP contribution in [0.25, 0.3) is 10.9 Å². The molecule has 3 aliphatic heterocycles. The standard InChI is InChI=1S/C29H42N10O2.ClH/c1-19(2)39-24-16-26(34-25-6-12-31-29(35-25)37-14-8-22(41-3)9-15-37)32-17-23(24)27(36-39)38-13-7-20(18-38)28(40)33-21-4-10-30-11-5-21;/h6,12,16-17,19-22,30H,4-5,7-11,13-15,18H2,1-3H3,(H,33,40)(H,31,32,34,35);1H. The fourth-order valence-electron chi connectivity index (χ4n) is 6.16. The molecule has 6 heterocycles. The van der Waals surface area contributed by atoms with Crippen molar-refractivity contribution in [2.75, 3.05) is 61.5 Å². The van der Waals surface area contributed by atoms with E-state index in [0.717, 1.165) is 81.5 Å². The summed E-state index contributed by atoms with van der Waals surface area (Å²) in [6, 6.07) is 4.35. The Morgan fingerprint density at radius 1 is 1.05 bits per heavy atom. The number of hydrogen-bond acceptors (Lipinski definition) is 10. The fraction of sp³-hybridized carbons (Fsp3) is 0.621. The van der Waals surface area contributed by atoms with Gasteiger partial charge in [0, 0.05) is 63.8 Å². The number of ether oxygens (including phenoxy) is 1. The highest BCUT2D eigenvalue weighted by atomic mass is 35.5. The number of fused-ring (bicyclic) bond motifs is 1. The number of anilines is 4. The van der Waals surface area contributed by atoms with Crippen LogP contribution < -0.4 is 25.8 Å². The minimum Gasteiger partial charge on any atom is -0.381 e. The Labute approximate surface area is 253 Å². The average molecular weight is 599 g/mol. The molecule has 3 aliphatic rings. The maximum atomic E-state index is 13.0. The number of methoxy groups -OCH3 is 1. The number of carbonyl (C=O) groups is 1. The quantitative estimate of drug-likeness (QED) is 0.356. The molecule has 0 aliphatic carbocycles. The average Bonchev–Trinajstić information content (AvgIpc) is 3.63. The molecule has 3 saturated heterocycles. The lowest BCUT2D eigenvalue weighted by molar-refractivity contribution is -0.125. The number of piperidine rings is 2. The van der Waals surface area contributed by atoms with Crippen molar-refractivity contribution in [1.82, 2.24) is 35.4 Å². The van der Waals surface area contributed by atoms with E-state index >= 15 is 0 Å². The van der Waals surface area contributed by atoms with Crippen LogP contribution in [0.5, 0.6) is 0 Å². The summed E-state index contributed by atoms with van der Waals surface area (Å²) in [5.74, 6) is 3.17. The van der Waals surface area contributed by atoms with E-state index in [0.29, 0.717) is 30.2 Å². The van der Waals surface area contributed by atoms with E-state index in [4.69, 9.17) is 19.8 Å². The van der Waals surface area contributed by atoms with E-state index < -0.39 is 0 Å². The molecule has 1 atom stereocenters. The van der Waals surface area contributed by atoms with E-state index in [1.165, 1.54) is 0 Å². The van der Waals surface area contributed by atoms with Crippen molar-refractivity contribution in [3.8, 4) is 0 Å². The highest BCUT2D eigenvalue weighted by Gasteiger charge is 2.32. The minimum atomic E-state index is -0.0229. The molecule has 6 rings (SSSR count). The van der Waals surface area contributed by atoms with Gasteiger partial charge in [-0.15, -0.1) is 12.4 Å². The molecule has 0 aromatic carbocycles. The van der Waals surface area contributed by atoms with Crippen LogP contribution in [0.3, 0.4) is 0 Å². The third-order valence-electron chi connectivity index (χ3n) is 8.56. The van der Waals surface area contributed by atoms with Crippen LogP contribution in [0.2, 0.25) is 0 Å². The third-order valence-corrected chi connectivity index (χ3v) is 8.56. The van der Waals surface area contributed by atoms with Crippen molar-refractivity contribution in [2.45, 2.75) is 64.1 Å². The predicted octanol–water partition coefficient (Wildman–Crippen LogP) is 3.28. The van der Waals surface area contributed by atoms with Crippen LogP contribution in [-0.4, -0.2) is 89.2 Å². The van der Waals surface area contributed by atoms with Crippen LogP contribution in [0.4, 0.5) is 23.4 Å². The summed E-state index contributed by atoms with van der Waals surface area (Å²) in [5, 5.41) is 16.0. The third kappa shape index (κ3) is 6.55. The van der Waals surface area contributed by atoms with Crippen molar-refractivity contribution in [3.63, 3.8) is 0 Å². The molecule has 228 valence electrons. The molecule has 1 unspecified atom stereocenters. The molecular formula is C29H43ClN10O2. The van der Waals surface area contributed by atoms with E-state index in [9.17, 15) is 4.79 Å². The number of aromatic nitrogens is 5.